The molecule has 0 aromatic heterocycles. The lowest BCUT2D eigenvalue weighted by Crippen LogP contribution is -2.24. The second kappa shape index (κ2) is 11.8. The van der Waals surface area contributed by atoms with Crippen molar-refractivity contribution in [1.29, 1.82) is 0 Å². The van der Waals surface area contributed by atoms with Crippen LogP contribution in [0.5, 0.6) is 0 Å². The lowest BCUT2D eigenvalue weighted by molar-refractivity contribution is 0.0795. The maximum atomic E-state index is 13.0. The molecule has 3 rings (SSSR count). The van der Waals surface area contributed by atoms with Gasteiger partial charge >= 0.3 is 0 Å². The van der Waals surface area contributed by atoms with Crippen LogP contribution in [0.4, 0.5) is 0 Å². The Bertz CT molecular complexity index is 824. The summed E-state index contributed by atoms with van der Waals surface area (Å²) in [4.78, 5) is 13.0. The van der Waals surface area contributed by atoms with Gasteiger partial charge in [-0.05, 0) is 74.0 Å². The van der Waals surface area contributed by atoms with Crippen LogP contribution in [0.15, 0.2) is 48.5 Å². The summed E-state index contributed by atoms with van der Waals surface area (Å²) < 4.78 is 5.43. The second-order valence-electron chi connectivity index (χ2n) is 10.2. The van der Waals surface area contributed by atoms with Crippen LogP contribution in [0.2, 0.25) is 0 Å². The van der Waals surface area contributed by atoms with Gasteiger partial charge in [0.15, 0.2) is 5.78 Å². The summed E-state index contributed by atoms with van der Waals surface area (Å²) in [5, 5.41) is 0. The molecule has 32 heavy (non-hydrogen) atoms. The highest BCUT2D eigenvalue weighted by atomic mass is 16.5. The number of ketones is 1. The van der Waals surface area contributed by atoms with E-state index in [2.05, 4.69) is 43.3 Å². The highest BCUT2D eigenvalue weighted by Crippen LogP contribution is 2.38. The van der Waals surface area contributed by atoms with Crippen molar-refractivity contribution in [3.8, 4) is 11.1 Å². The number of carbonyl (C=O) groups is 1. The summed E-state index contributed by atoms with van der Waals surface area (Å²) in [6, 6.07) is 17.3. The third-order valence-corrected chi connectivity index (χ3v) is 7.32. The first-order chi connectivity index (χ1) is 15.4. The maximum Gasteiger partial charge on any atom is 0.168 e. The molecule has 2 heteroatoms. The molecule has 1 saturated carbocycles. The monoisotopic (exact) mass is 434 g/mol. The zero-order valence-corrected chi connectivity index (χ0v) is 20.7. The molecule has 1 aliphatic rings. The van der Waals surface area contributed by atoms with Gasteiger partial charge < -0.3 is 4.74 Å². The first-order valence-corrected chi connectivity index (χ1v) is 12.8. The molecule has 2 nitrogen and oxygen atoms in total. The van der Waals surface area contributed by atoms with Gasteiger partial charge in [0.25, 0.3) is 0 Å². The van der Waals surface area contributed by atoms with Crippen LogP contribution < -0.4 is 0 Å². The SMILES string of the molecule is CCCC1CCC(c2ccc(-c3ccc(C(=O)C(C)(C)CCCOCC)cc3)cc2)CC1. The van der Waals surface area contributed by atoms with E-state index >= 15 is 0 Å². The summed E-state index contributed by atoms with van der Waals surface area (Å²) in [7, 11) is 0. The first-order valence-electron chi connectivity index (χ1n) is 12.8. The Labute approximate surface area is 195 Å². The molecule has 0 unspecified atom stereocenters. The predicted molar refractivity (Wildman–Crippen MR) is 135 cm³/mol. The molecular formula is C30H42O2. The summed E-state index contributed by atoms with van der Waals surface area (Å²) in [5.74, 6) is 1.89. The van der Waals surface area contributed by atoms with Crippen LogP contribution in [0, 0.1) is 11.3 Å². The molecule has 0 radical (unpaired) electrons. The molecule has 2 aromatic carbocycles. The minimum atomic E-state index is -0.365. The fourth-order valence-corrected chi connectivity index (χ4v) is 5.22. The zero-order valence-electron chi connectivity index (χ0n) is 20.7. The third-order valence-electron chi connectivity index (χ3n) is 7.32. The van der Waals surface area contributed by atoms with Crippen molar-refractivity contribution in [2.45, 2.75) is 85.0 Å². The highest BCUT2D eigenvalue weighted by molar-refractivity contribution is 6.00. The number of hydrogen-bond acceptors (Lipinski definition) is 2. The fraction of sp³-hybridized carbons (Fsp3) is 0.567. The van der Waals surface area contributed by atoms with Crippen LogP contribution in [0.1, 0.15) is 101 Å². The van der Waals surface area contributed by atoms with Gasteiger partial charge in [-0.3, -0.25) is 4.79 Å². The highest BCUT2D eigenvalue weighted by Gasteiger charge is 2.28. The Morgan fingerprint density at radius 2 is 1.50 bits per heavy atom. The van der Waals surface area contributed by atoms with Crippen molar-refractivity contribution in [3.05, 3.63) is 59.7 Å². The summed E-state index contributed by atoms with van der Waals surface area (Å²) in [6.45, 7) is 9.86. The molecule has 0 aliphatic heterocycles. The Kier molecular flexibility index (Phi) is 9.11. The zero-order chi connectivity index (χ0) is 23.0. The normalized spacial score (nSPS) is 19.1. The molecule has 0 heterocycles. The molecule has 0 spiro atoms. The molecule has 0 saturated heterocycles. The average molecular weight is 435 g/mol. The van der Waals surface area contributed by atoms with Crippen molar-refractivity contribution in [2.75, 3.05) is 13.2 Å². The standard InChI is InChI=1S/C30H42O2/c1-5-8-23-9-11-24(12-10-23)25-13-15-26(16-14-25)27-17-19-28(20-18-27)29(31)30(3,4)21-7-22-32-6-2/h13-20,23-24H,5-12,21-22H2,1-4H3. The van der Waals surface area contributed by atoms with Gasteiger partial charge in [0.05, 0.1) is 0 Å². The van der Waals surface area contributed by atoms with Crippen molar-refractivity contribution in [2.24, 2.45) is 11.3 Å². The quantitative estimate of drug-likeness (QED) is 0.262. The minimum absolute atomic E-state index is 0.217. The molecule has 0 bridgehead atoms. The smallest absolute Gasteiger partial charge is 0.168 e. The van der Waals surface area contributed by atoms with Crippen molar-refractivity contribution in [3.63, 3.8) is 0 Å². The van der Waals surface area contributed by atoms with Crippen molar-refractivity contribution >= 4 is 5.78 Å². The van der Waals surface area contributed by atoms with Crippen molar-refractivity contribution in [1.82, 2.24) is 0 Å². The average Bonchev–Trinajstić information content (AvgIpc) is 2.82. The van der Waals surface area contributed by atoms with E-state index in [9.17, 15) is 4.79 Å². The van der Waals surface area contributed by atoms with E-state index in [0.717, 1.165) is 43.5 Å². The Hall–Kier alpha value is -1.93. The number of rotatable bonds is 11. The summed E-state index contributed by atoms with van der Waals surface area (Å²) in [5.41, 5.74) is 4.33. The Morgan fingerprint density at radius 3 is 2.06 bits per heavy atom. The molecule has 2 aromatic rings. The second-order valence-corrected chi connectivity index (χ2v) is 10.2. The largest absolute Gasteiger partial charge is 0.382 e. The van der Waals surface area contributed by atoms with Crippen LogP contribution in [-0.2, 0) is 4.74 Å². The van der Waals surface area contributed by atoms with Gasteiger partial charge in [-0.15, -0.1) is 0 Å². The van der Waals surface area contributed by atoms with E-state index < -0.39 is 0 Å². The summed E-state index contributed by atoms with van der Waals surface area (Å²) in [6.07, 6.45) is 9.92. The van der Waals surface area contributed by atoms with Gasteiger partial charge in [0.1, 0.15) is 0 Å². The van der Waals surface area contributed by atoms with Gasteiger partial charge in [-0.25, -0.2) is 0 Å². The number of hydrogen-bond donors (Lipinski definition) is 0. The van der Waals surface area contributed by atoms with E-state index in [1.54, 1.807) is 0 Å². The lowest BCUT2D eigenvalue weighted by Gasteiger charge is -2.28. The molecule has 0 atom stereocenters. The van der Waals surface area contributed by atoms with Crippen LogP contribution in [-0.4, -0.2) is 19.0 Å². The minimum Gasteiger partial charge on any atom is -0.382 e. The number of ether oxygens (including phenoxy) is 1. The lowest BCUT2D eigenvalue weighted by atomic mass is 9.77. The number of carbonyl (C=O) groups excluding carboxylic acids is 1. The Morgan fingerprint density at radius 1 is 0.906 bits per heavy atom. The van der Waals surface area contributed by atoms with Gasteiger partial charge in [-0.2, -0.15) is 0 Å². The third kappa shape index (κ3) is 6.54. The molecular weight excluding hydrogens is 392 g/mol. The van der Waals surface area contributed by atoms with E-state index in [1.807, 2.05) is 32.9 Å². The van der Waals surface area contributed by atoms with E-state index in [1.165, 1.54) is 55.2 Å². The van der Waals surface area contributed by atoms with Gasteiger partial charge in [0.2, 0.25) is 0 Å². The molecule has 1 fully saturated rings. The predicted octanol–water partition coefficient (Wildman–Crippen LogP) is 8.45. The topological polar surface area (TPSA) is 26.3 Å². The number of Topliss-reactive ketones (excluding diaryl/α,β-unsaturated/α-hetero) is 1. The maximum absolute atomic E-state index is 13.0. The van der Waals surface area contributed by atoms with Crippen LogP contribution >= 0.6 is 0 Å². The van der Waals surface area contributed by atoms with E-state index in [-0.39, 0.29) is 11.2 Å². The Balaban J connectivity index is 1.59. The van der Waals surface area contributed by atoms with E-state index in [0.29, 0.717) is 0 Å². The van der Waals surface area contributed by atoms with Crippen molar-refractivity contribution < 1.29 is 9.53 Å². The molecule has 0 N–H and O–H groups in total. The molecule has 174 valence electrons. The van der Waals surface area contributed by atoms with Gasteiger partial charge in [-0.1, -0.05) is 82.1 Å². The van der Waals surface area contributed by atoms with Crippen LogP contribution in [0.25, 0.3) is 11.1 Å². The van der Waals surface area contributed by atoms with E-state index in [4.69, 9.17) is 4.74 Å². The van der Waals surface area contributed by atoms with Crippen LogP contribution in [0.3, 0.4) is 0 Å². The molecule has 1 aliphatic carbocycles. The summed E-state index contributed by atoms with van der Waals surface area (Å²) >= 11 is 0. The van der Waals surface area contributed by atoms with Gasteiger partial charge in [0, 0.05) is 24.2 Å². The first kappa shape index (κ1) is 24.7. The number of benzene rings is 2. The fourth-order valence-electron chi connectivity index (χ4n) is 5.22. The molecule has 0 amide bonds.